The molecule has 0 spiro atoms. The number of aliphatic imine (C=N–C) groups is 1. The Morgan fingerprint density at radius 1 is 1.19 bits per heavy atom. The molecule has 27 heavy (non-hydrogen) atoms. The number of benzene rings is 1. The van der Waals surface area contributed by atoms with Gasteiger partial charge in [-0.15, -0.1) is 34.2 Å². The van der Waals surface area contributed by atoms with Crippen molar-refractivity contribution in [3.05, 3.63) is 42.0 Å². The van der Waals surface area contributed by atoms with Gasteiger partial charge in [0.1, 0.15) is 17.9 Å². The highest BCUT2D eigenvalue weighted by Gasteiger charge is 2.03. The molecule has 2 N–H and O–H groups in total. The van der Waals surface area contributed by atoms with Crippen LogP contribution in [0.25, 0.3) is 0 Å². The summed E-state index contributed by atoms with van der Waals surface area (Å²) in [5.74, 6) is 2.69. The standard InChI is InChI=1S/C19H30N6O.HI/c1-5-18-24-23-14-25(18)12-11-21-19(20-6-2)22-13-16-7-9-17(10-8-16)26-15(3)4;/h7-10,14-15H,5-6,11-13H2,1-4H3,(H2,20,21,22);1H. The molecule has 0 atom stereocenters. The highest BCUT2D eigenvalue weighted by atomic mass is 127. The molecule has 0 aliphatic heterocycles. The lowest BCUT2D eigenvalue weighted by atomic mass is 10.2. The molecule has 2 aromatic rings. The van der Waals surface area contributed by atoms with E-state index in [1.165, 1.54) is 0 Å². The number of rotatable bonds is 9. The van der Waals surface area contributed by atoms with Crippen molar-refractivity contribution < 1.29 is 4.74 Å². The topological polar surface area (TPSA) is 76.4 Å². The molecule has 0 aliphatic carbocycles. The summed E-state index contributed by atoms with van der Waals surface area (Å²) < 4.78 is 7.73. The van der Waals surface area contributed by atoms with Crippen molar-refractivity contribution in [1.82, 2.24) is 25.4 Å². The molecular formula is C19H31IN6O. The van der Waals surface area contributed by atoms with Gasteiger partial charge in [-0.3, -0.25) is 0 Å². The fraction of sp³-hybridized carbons (Fsp3) is 0.526. The summed E-state index contributed by atoms with van der Waals surface area (Å²) in [6.07, 6.45) is 2.83. The van der Waals surface area contributed by atoms with Crippen LogP contribution in [0, 0.1) is 0 Å². The van der Waals surface area contributed by atoms with Gasteiger partial charge in [0, 0.05) is 26.1 Å². The lowest BCUT2D eigenvalue weighted by Crippen LogP contribution is -2.38. The van der Waals surface area contributed by atoms with Crippen LogP contribution in [0.5, 0.6) is 5.75 Å². The Kier molecular flexibility index (Phi) is 10.8. The van der Waals surface area contributed by atoms with Crippen LogP contribution in [0.4, 0.5) is 0 Å². The van der Waals surface area contributed by atoms with Crippen molar-refractivity contribution in [3.8, 4) is 5.75 Å². The number of halogens is 1. The average molecular weight is 486 g/mol. The van der Waals surface area contributed by atoms with E-state index in [1.807, 2.05) is 26.0 Å². The van der Waals surface area contributed by atoms with Crippen LogP contribution in [0.15, 0.2) is 35.6 Å². The van der Waals surface area contributed by atoms with Crippen molar-refractivity contribution >= 4 is 29.9 Å². The molecule has 0 bridgehead atoms. The van der Waals surface area contributed by atoms with Gasteiger partial charge < -0.3 is 19.9 Å². The molecule has 8 heteroatoms. The minimum absolute atomic E-state index is 0. The summed E-state index contributed by atoms with van der Waals surface area (Å²) in [4.78, 5) is 4.65. The zero-order chi connectivity index (χ0) is 18.8. The maximum atomic E-state index is 5.67. The molecule has 2 rings (SSSR count). The molecule has 7 nitrogen and oxygen atoms in total. The summed E-state index contributed by atoms with van der Waals surface area (Å²) in [6.45, 7) is 11.2. The number of aryl methyl sites for hydroxylation is 1. The fourth-order valence-electron chi connectivity index (χ4n) is 2.49. The number of hydrogen-bond acceptors (Lipinski definition) is 4. The molecule has 0 saturated heterocycles. The van der Waals surface area contributed by atoms with E-state index in [0.717, 1.165) is 49.2 Å². The van der Waals surface area contributed by atoms with E-state index in [0.29, 0.717) is 6.54 Å². The van der Waals surface area contributed by atoms with Gasteiger partial charge in [-0.05, 0) is 38.5 Å². The minimum Gasteiger partial charge on any atom is -0.491 e. The van der Waals surface area contributed by atoms with Crippen LogP contribution in [-0.2, 0) is 19.5 Å². The van der Waals surface area contributed by atoms with E-state index in [2.05, 4.69) is 56.4 Å². The van der Waals surface area contributed by atoms with E-state index in [9.17, 15) is 0 Å². The number of hydrogen-bond donors (Lipinski definition) is 2. The van der Waals surface area contributed by atoms with Crippen LogP contribution >= 0.6 is 24.0 Å². The van der Waals surface area contributed by atoms with Crippen LogP contribution in [-0.4, -0.2) is 39.9 Å². The third-order valence-electron chi connectivity index (χ3n) is 3.72. The van der Waals surface area contributed by atoms with Gasteiger partial charge in [0.05, 0.1) is 12.6 Å². The molecule has 0 amide bonds. The zero-order valence-electron chi connectivity index (χ0n) is 16.6. The molecule has 150 valence electrons. The van der Waals surface area contributed by atoms with Gasteiger partial charge in [0.2, 0.25) is 0 Å². The number of ether oxygens (including phenoxy) is 1. The lowest BCUT2D eigenvalue weighted by molar-refractivity contribution is 0.242. The maximum Gasteiger partial charge on any atom is 0.191 e. The van der Waals surface area contributed by atoms with Crippen molar-refractivity contribution in [3.63, 3.8) is 0 Å². The Balaban J connectivity index is 0.00000364. The Morgan fingerprint density at radius 2 is 1.93 bits per heavy atom. The van der Waals surface area contributed by atoms with Crippen molar-refractivity contribution in [2.24, 2.45) is 4.99 Å². The summed E-state index contributed by atoms with van der Waals surface area (Å²) in [7, 11) is 0. The third-order valence-corrected chi connectivity index (χ3v) is 3.72. The molecule has 1 heterocycles. The fourth-order valence-corrected chi connectivity index (χ4v) is 2.49. The molecular weight excluding hydrogens is 455 g/mol. The molecule has 0 fully saturated rings. The van der Waals surface area contributed by atoms with Crippen LogP contribution < -0.4 is 15.4 Å². The minimum atomic E-state index is 0. The first-order valence-corrected chi connectivity index (χ1v) is 9.26. The second kappa shape index (κ2) is 12.5. The van der Waals surface area contributed by atoms with E-state index >= 15 is 0 Å². The second-order valence-electron chi connectivity index (χ2n) is 6.23. The van der Waals surface area contributed by atoms with Crippen molar-refractivity contribution in [1.29, 1.82) is 0 Å². The normalized spacial score (nSPS) is 11.2. The third kappa shape index (κ3) is 8.15. The smallest absolute Gasteiger partial charge is 0.191 e. The first-order chi connectivity index (χ1) is 12.6. The largest absolute Gasteiger partial charge is 0.491 e. The Labute approximate surface area is 179 Å². The molecule has 1 aromatic heterocycles. The molecule has 1 aromatic carbocycles. The highest BCUT2D eigenvalue weighted by molar-refractivity contribution is 14.0. The first-order valence-electron chi connectivity index (χ1n) is 9.26. The van der Waals surface area contributed by atoms with E-state index in [1.54, 1.807) is 6.33 Å². The SMILES string of the molecule is CCNC(=NCc1ccc(OC(C)C)cc1)NCCn1cnnc1CC.I. The molecule has 0 radical (unpaired) electrons. The van der Waals surface area contributed by atoms with Crippen molar-refractivity contribution in [2.75, 3.05) is 13.1 Å². The average Bonchev–Trinajstić information content (AvgIpc) is 3.08. The predicted molar refractivity (Wildman–Crippen MR) is 120 cm³/mol. The molecule has 0 unspecified atom stereocenters. The number of guanidine groups is 1. The molecule has 0 aliphatic rings. The van der Waals surface area contributed by atoms with Gasteiger partial charge in [-0.25, -0.2) is 4.99 Å². The lowest BCUT2D eigenvalue weighted by Gasteiger charge is -2.12. The van der Waals surface area contributed by atoms with Gasteiger partial charge >= 0.3 is 0 Å². The van der Waals surface area contributed by atoms with Gasteiger partial charge in [-0.1, -0.05) is 19.1 Å². The number of nitrogens with zero attached hydrogens (tertiary/aromatic N) is 4. The summed E-state index contributed by atoms with van der Waals surface area (Å²) in [6, 6.07) is 8.08. The molecule has 0 saturated carbocycles. The Morgan fingerprint density at radius 3 is 2.56 bits per heavy atom. The quantitative estimate of drug-likeness (QED) is 0.324. The Bertz CT molecular complexity index is 684. The van der Waals surface area contributed by atoms with Gasteiger partial charge in [0.25, 0.3) is 0 Å². The maximum absolute atomic E-state index is 5.67. The highest BCUT2D eigenvalue weighted by Crippen LogP contribution is 2.14. The summed E-state index contributed by atoms with van der Waals surface area (Å²) >= 11 is 0. The van der Waals surface area contributed by atoms with Crippen LogP contribution in [0.3, 0.4) is 0 Å². The van der Waals surface area contributed by atoms with E-state index in [-0.39, 0.29) is 30.1 Å². The van der Waals surface area contributed by atoms with Crippen LogP contribution in [0.1, 0.15) is 39.1 Å². The predicted octanol–water partition coefficient (Wildman–Crippen LogP) is 3.00. The summed E-state index contributed by atoms with van der Waals surface area (Å²) in [5.41, 5.74) is 1.14. The second-order valence-corrected chi connectivity index (χ2v) is 6.23. The van der Waals surface area contributed by atoms with Crippen molar-refractivity contribution in [2.45, 2.75) is 53.3 Å². The first kappa shape index (κ1) is 23.2. The zero-order valence-corrected chi connectivity index (χ0v) is 18.9. The van der Waals surface area contributed by atoms with E-state index < -0.39 is 0 Å². The van der Waals surface area contributed by atoms with Gasteiger partial charge in [-0.2, -0.15) is 0 Å². The number of nitrogens with one attached hydrogen (secondary N) is 2. The Hall–Kier alpha value is -1.84. The summed E-state index contributed by atoms with van der Waals surface area (Å²) in [5, 5.41) is 14.7. The van der Waals surface area contributed by atoms with Crippen LogP contribution in [0.2, 0.25) is 0 Å². The number of aromatic nitrogens is 3. The van der Waals surface area contributed by atoms with E-state index in [4.69, 9.17) is 4.74 Å². The van der Waals surface area contributed by atoms with Gasteiger partial charge in [0.15, 0.2) is 5.96 Å². The monoisotopic (exact) mass is 486 g/mol.